The minimum absolute atomic E-state index is 0.0995. The lowest BCUT2D eigenvalue weighted by molar-refractivity contribution is -0.127. The largest absolute Gasteiger partial charge is 0.448 e. The fourth-order valence-electron chi connectivity index (χ4n) is 3.65. The number of ether oxygens (including phenoxy) is 1. The summed E-state index contributed by atoms with van der Waals surface area (Å²) in [4.78, 5) is 36.3. The maximum absolute atomic E-state index is 13.2. The molecule has 0 bridgehead atoms. The third kappa shape index (κ3) is 4.60. The zero-order chi connectivity index (χ0) is 20.9. The van der Waals surface area contributed by atoms with E-state index in [0.29, 0.717) is 5.13 Å². The van der Waals surface area contributed by atoms with E-state index in [1.165, 1.54) is 29.1 Å². The molecule has 1 saturated carbocycles. The molecule has 2 heterocycles. The van der Waals surface area contributed by atoms with Gasteiger partial charge in [-0.05, 0) is 19.8 Å². The van der Waals surface area contributed by atoms with Gasteiger partial charge in [-0.2, -0.15) is 0 Å². The molecule has 0 N–H and O–H groups in total. The molecule has 1 atom stereocenters. The number of amides is 1. The lowest BCUT2D eigenvalue weighted by atomic mass is 9.94. The molecule has 2 aromatic heterocycles. The molecule has 1 aromatic carbocycles. The first kappa shape index (κ1) is 20.7. The summed E-state index contributed by atoms with van der Waals surface area (Å²) < 4.78 is 5.51. The number of anilines is 1. The molecule has 6 nitrogen and oxygen atoms in total. The first-order valence-electron chi connectivity index (χ1n) is 10.1. The van der Waals surface area contributed by atoms with Crippen LogP contribution >= 0.6 is 22.7 Å². The van der Waals surface area contributed by atoms with Crippen LogP contribution in [0.2, 0.25) is 0 Å². The fourth-order valence-corrected chi connectivity index (χ4v) is 5.17. The van der Waals surface area contributed by atoms with Crippen LogP contribution in [0.25, 0.3) is 10.6 Å². The van der Waals surface area contributed by atoms with Gasteiger partial charge in [0.25, 0.3) is 5.91 Å². The van der Waals surface area contributed by atoms with E-state index >= 15 is 0 Å². The number of aromatic nitrogens is 2. The van der Waals surface area contributed by atoms with Crippen LogP contribution in [0.5, 0.6) is 0 Å². The van der Waals surface area contributed by atoms with Crippen LogP contribution in [0.15, 0.2) is 47.3 Å². The smallest absolute Gasteiger partial charge is 0.358 e. The summed E-state index contributed by atoms with van der Waals surface area (Å²) in [6.45, 7) is 1.62. The van der Waals surface area contributed by atoms with Gasteiger partial charge in [0.15, 0.2) is 16.9 Å². The Bertz CT molecular complexity index is 982. The number of rotatable bonds is 6. The number of hydrogen-bond acceptors (Lipinski definition) is 7. The predicted molar refractivity (Wildman–Crippen MR) is 119 cm³/mol. The highest BCUT2D eigenvalue weighted by Gasteiger charge is 2.33. The first-order chi connectivity index (χ1) is 14.6. The van der Waals surface area contributed by atoms with Crippen LogP contribution in [0.3, 0.4) is 0 Å². The van der Waals surface area contributed by atoms with Gasteiger partial charge in [-0.15, -0.1) is 22.7 Å². The molecular formula is C22H23N3O3S2. The van der Waals surface area contributed by atoms with Crippen molar-refractivity contribution in [2.45, 2.75) is 51.2 Å². The summed E-state index contributed by atoms with van der Waals surface area (Å²) in [6, 6.07) is 9.76. The van der Waals surface area contributed by atoms with Crippen LogP contribution < -0.4 is 4.90 Å². The normalized spacial score (nSPS) is 15.5. The maximum Gasteiger partial charge on any atom is 0.358 e. The SMILES string of the molecule is CC(OC(=O)c1csc(-c2ccccc2)n1)C(=O)N(c1nccs1)C1CCCCC1. The zero-order valence-corrected chi connectivity index (χ0v) is 18.3. The van der Waals surface area contributed by atoms with E-state index in [1.807, 2.05) is 35.7 Å². The van der Waals surface area contributed by atoms with E-state index in [4.69, 9.17) is 4.74 Å². The molecule has 4 rings (SSSR count). The summed E-state index contributed by atoms with van der Waals surface area (Å²) in [5.41, 5.74) is 1.16. The highest BCUT2D eigenvalue weighted by atomic mass is 32.1. The van der Waals surface area contributed by atoms with Crippen LogP contribution in [-0.4, -0.2) is 34.0 Å². The van der Waals surface area contributed by atoms with E-state index in [1.54, 1.807) is 23.4 Å². The Hall–Kier alpha value is -2.58. The average Bonchev–Trinajstić information content (AvgIpc) is 3.48. The molecule has 1 fully saturated rings. The molecule has 1 unspecified atom stereocenters. The molecule has 0 saturated heterocycles. The molecule has 0 spiro atoms. The van der Waals surface area contributed by atoms with E-state index < -0.39 is 12.1 Å². The van der Waals surface area contributed by atoms with Crippen molar-refractivity contribution in [3.63, 3.8) is 0 Å². The highest BCUT2D eigenvalue weighted by molar-refractivity contribution is 7.14. The number of thiazole rings is 2. The van der Waals surface area contributed by atoms with Crippen LogP contribution in [0, 0.1) is 0 Å². The summed E-state index contributed by atoms with van der Waals surface area (Å²) in [7, 11) is 0. The Morgan fingerprint density at radius 3 is 2.60 bits per heavy atom. The third-order valence-electron chi connectivity index (χ3n) is 5.17. The van der Waals surface area contributed by atoms with Crippen molar-refractivity contribution in [3.05, 3.63) is 53.0 Å². The maximum atomic E-state index is 13.2. The number of hydrogen-bond donors (Lipinski definition) is 0. The minimum atomic E-state index is -0.912. The molecule has 30 heavy (non-hydrogen) atoms. The molecule has 156 valence electrons. The second kappa shape index (κ2) is 9.49. The second-order valence-electron chi connectivity index (χ2n) is 7.27. The van der Waals surface area contributed by atoms with Crippen molar-refractivity contribution < 1.29 is 14.3 Å². The molecule has 0 radical (unpaired) electrons. The molecular weight excluding hydrogens is 418 g/mol. The van der Waals surface area contributed by atoms with Gasteiger partial charge in [-0.1, -0.05) is 49.6 Å². The summed E-state index contributed by atoms with van der Waals surface area (Å²) in [6.07, 6.45) is 6.04. The lowest BCUT2D eigenvalue weighted by Crippen LogP contribution is -2.47. The number of nitrogens with zero attached hydrogens (tertiary/aromatic N) is 3. The van der Waals surface area contributed by atoms with Crippen LogP contribution in [-0.2, 0) is 9.53 Å². The van der Waals surface area contributed by atoms with Crippen molar-refractivity contribution >= 4 is 39.7 Å². The predicted octanol–water partition coefficient (Wildman–Crippen LogP) is 5.18. The standard InChI is InChI=1S/C22H23N3O3S2/c1-15(20(26)25(22-23-12-13-29-22)17-10-6-3-7-11-17)28-21(27)18-14-30-19(24-18)16-8-4-2-5-9-16/h2,4-5,8-9,12-15,17H,3,6-7,10-11H2,1H3. The van der Waals surface area contributed by atoms with Crippen molar-refractivity contribution in [2.75, 3.05) is 4.90 Å². The topological polar surface area (TPSA) is 72.4 Å². The minimum Gasteiger partial charge on any atom is -0.448 e. The van der Waals surface area contributed by atoms with Gasteiger partial charge in [0.1, 0.15) is 5.01 Å². The van der Waals surface area contributed by atoms with Crippen molar-refractivity contribution in [1.29, 1.82) is 0 Å². The lowest BCUT2D eigenvalue weighted by Gasteiger charge is -2.33. The van der Waals surface area contributed by atoms with Gasteiger partial charge < -0.3 is 4.74 Å². The Labute approximate surface area is 183 Å². The summed E-state index contributed by atoms with van der Waals surface area (Å²) in [5, 5.41) is 4.93. The Morgan fingerprint density at radius 2 is 1.90 bits per heavy atom. The summed E-state index contributed by atoms with van der Waals surface area (Å²) >= 11 is 2.81. The molecule has 1 amide bonds. The number of carbonyl (C=O) groups excluding carboxylic acids is 2. The Balaban J connectivity index is 1.46. The molecule has 3 aromatic rings. The van der Waals surface area contributed by atoms with Crippen LogP contribution in [0.1, 0.15) is 49.5 Å². The van der Waals surface area contributed by atoms with Gasteiger partial charge in [-0.3, -0.25) is 9.69 Å². The molecule has 1 aliphatic carbocycles. The third-order valence-corrected chi connectivity index (χ3v) is 6.83. The van der Waals surface area contributed by atoms with E-state index in [9.17, 15) is 9.59 Å². The van der Waals surface area contributed by atoms with E-state index in [-0.39, 0.29) is 17.6 Å². The van der Waals surface area contributed by atoms with Crippen molar-refractivity contribution in [3.8, 4) is 10.6 Å². The Kier molecular flexibility index (Phi) is 6.54. The quantitative estimate of drug-likeness (QED) is 0.493. The first-order valence-corrected chi connectivity index (χ1v) is 11.8. The zero-order valence-electron chi connectivity index (χ0n) is 16.7. The molecule has 8 heteroatoms. The molecule has 0 aliphatic heterocycles. The van der Waals surface area contributed by atoms with Crippen molar-refractivity contribution in [2.24, 2.45) is 0 Å². The van der Waals surface area contributed by atoms with Gasteiger partial charge >= 0.3 is 5.97 Å². The number of carbonyl (C=O) groups is 2. The van der Waals surface area contributed by atoms with E-state index in [0.717, 1.165) is 36.3 Å². The van der Waals surface area contributed by atoms with Gasteiger partial charge in [0.05, 0.1) is 0 Å². The van der Waals surface area contributed by atoms with Gasteiger partial charge in [-0.25, -0.2) is 14.8 Å². The monoisotopic (exact) mass is 441 g/mol. The van der Waals surface area contributed by atoms with E-state index in [2.05, 4.69) is 9.97 Å². The average molecular weight is 442 g/mol. The molecule has 1 aliphatic rings. The fraction of sp³-hybridized carbons (Fsp3) is 0.364. The second-order valence-corrected chi connectivity index (χ2v) is 9.00. The number of benzene rings is 1. The summed E-state index contributed by atoms with van der Waals surface area (Å²) in [5.74, 6) is -0.819. The van der Waals surface area contributed by atoms with Crippen LogP contribution in [0.4, 0.5) is 5.13 Å². The highest BCUT2D eigenvalue weighted by Crippen LogP contribution is 2.30. The number of esters is 1. The van der Waals surface area contributed by atoms with Crippen molar-refractivity contribution in [1.82, 2.24) is 9.97 Å². The Morgan fingerprint density at radius 1 is 1.13 bits per heavy atom. The van der Waals surface area contributed by atoms with Gasteiger partial charge in [0, 0.05) is 28.6 Å². The van der Waals surface area contributed by atoms with Gasteiger partial charge in [0.2, 0.25) is 0 Å².